The minimum Gasteiger partial charge on any atom is -0.374 e. The largest absolute Gasteiger partial charge is 0.374 e. The van der Waals surface area contributed by atoms with Gasteiger partial charge < -0.3 is 9.80 Å². The van der Waals surface area contributed by atoms with Gasteiger partial charge in [-0.15, -0.1) is 0 Å². The average Bonchev–Trinajstić information content (AvgIpc) is 2.46. The van der Waals surface area contributed by atoms with Crippen LogP contribution in [0.1, 0.15) is 25.7 Å². The highest BCUT2D eigenvalue weighted by molar-refractivity contribution is 5.76. The Morgan fingerprint density at radius 3 is 2.50 bits per heavy atom. The zero-order chi connectivity index (χ0) is 12.8. The van der Waals surface area contributed by atoms with E-state index in [0.29, 0.717) is 12.3 Å². The maximum absolute atomic E-state index is 12.0. The number of likely N-dealkylation sites (tertiary alicyclic amines) is 1. The fourth-order valence-corrected chi connectivity index (χ4v) is 2.38. The lowest BCUT2D eigenvalue weighted by Crippen LogP contribution is -2.37. The second-order valence-electron chi connectivity index (χ2n) is 4.95. The zero-order valence-corrected chi connectivity index (χ0v) is 11.1. The molecule has 1 aliphatic heterocycles. The monoisotopic (exact) mass is 246 g/mol. The minimum absolute atomic E-state index is 0.303. The highest BCUT2D eigenvalue weighted by Crippen LogP contribution is 2.13. The van der Waals surface area contributed by atoms with Crippen molar-refractivity contribution in [3.63, 3.8) is 0 Å². The molecule has 2 rings (SSSR count). The van der Waals surface area contributed by atoms with Crippen LogP contribution in [0.4, 0.5) is 5.69 Å². The lowest BCUT2D eigenvalue weighted by Gasteiger charge is -2.28. The van der Waals surface area contributed by atoms with E-state index in [2.05, 4.69) is 17.0 Å². The number of carbonyl (C=O) groups excluding carboxylic acids is 1. The Morgan fingerprint density at radius 1 is 1.17 bits per heavy atom. The highest BCUT2D eigenvalue weighted by atomic mass is 16.2. The van der Waals surface area contributed by atoms with Gasteiger partial charge in [-0.2, -0.15) is 0 Å². The molecule has 98 valence electrons. The summed E-state index contributed by atoms with van der Waals surface area (Å²) in [5.74, 6) is 0.303. The molecule has 1 aromatic carbocycles. The van der Waals surface area contributed by atoms with Gasteiger partial charge in [0.2, 0.25) is 5.91 Å². The van der Waals surface area contributed by atoms with Crippen molar-refractivity contribution in [2.75, 3.05) is 31.6 Å². The summed E-state index contributed by atoms with van der Waals surface area (Å²) in [6, 6.07) is 10.2. The first kappa shape index (κ1) is 12.9. The van der Waals surface area contributed by atoms with Crippen molar-refractivity contribution in [1.29, 1.82) is 0 Å². The summed E-state index contributed by atoms with van der Waals surface area (Å²) >= 11 is 0. The molecule has 1 fully saturated rings. The number of nitrogens with zero attached hydrogens (tertiary/aromatic N) is 2. The van der Waals surface area contributed by atoms with Crippen molar-refractivity contribution >= 4 is 11.6 Å². The van der Waals surface area contributed by atoms with E-state index in [4.69, 9.17) is 0 Å². The molecule has 1 aliphatic rings. The second kappa shape index (κ2) is 6.43. The molecule has 0 saturated carbocycles. The maximum atomic E-state index is 12.0. The Labute approximate surface area is 109 Å². The molecule has 0 unspecified atom stereocenters. The molecule has 1 heterocycles. The number of hydrogen-bond donors (Lipinski definition) is 0. The van der Waals surface area contributed by atoms with Gasteiger partial charge in [0.15, 0.2) is 0 Å². The molecule has 3 nitrogen and oxygen atoms in total. The van der Waals surface area contributed by atoms with Crippen LogP contribution in [0.15, 0.2) is 30.3 Å². The predicted molar refractivity (Wildman–Crippen MR) is 74.8 cm³/mol. The Bertz CT molecular complexity index is 371. The number of carbonyl (C=O) groups is 1. The highest BCUT2D eigenvalue weighted by Gasteiger charge is 2.16. The molecule has 1 saturated heterocycles. The third-order valence-corrected chi connectivity index (χ3v) is 3.57. The number of benzene rings is 1. The Hall–Kier alpha value is -1.51. The van der Waals surface area contributed by atoms with Crippen LogP contribution >= 0.6 is 0 Å². The van der Waals surface area contributed by atoms with E-state index in [-0.39, 0.29) is 0 Å². The molecule has 0 aliphatic carbocycles. The maximum Gasteiger partial charge on any atom is 0.224 e. The molecular weight excluding hydrogens is 224 g/mol. The van der Waals surface area contributed by atoms with Gasteiger partial charge in [-0.3, -0.25) is 4.79 Å². The quantitative estimate of drug-likeness (QED) is 0.815. The minimum atomic E-state index is 0.303. The van der Waals surface area contributed by atoms with Gasteiger partial charge in [0.25, 0.3) is 0 Å². The van der Waals surface area contributed by atoms with E-state index < -0.39 is 0 Å². The van der Waals surface area contributed by atoms with E-state index in [0.717, 1.165) is 19.6 Å². The molecule has 0 bridgehead atoms. The molecule has 0 aromatic heterocycles. The Balaban J connectivity index is 1.78. The first-order chi connectivity index (χ1) is 8.77. The van der Waals surface area contributed by atoms with Gasteiger partial charge in [0, 0.05) is 38.8 Å². The summed E-state index contributed by atoms with van der Waals surface area (Å²) in [5.41, 5.74) is 1.17. The number of rotatable bonds is 4. The SMILES string of the molecule is CN(CCC(=O)N1CCCCC1)c1ccccc1. The van der Waals surface area contributed by atoms with E-state index in [1.54, 1.807) is 0 Å². The molecule has 1 aromatic rings. The van der Waals surface area contributed by atoms with Crippen molar-refractivity contribution in [1.82, 2.24) is 4.90 Å². The molecule has 3 heteroatoms. The summed E-state index contributed by atoms with van der Waals surface area (Å²) in [6.45, 7) is 2.70. The van der Waals surface area contributed by atoms with E-state index in [1.165, 1.54) is 24.9 Å². The summed E-state index contributed by atoms with van der Waals surface area (Å²) in [4.78, 5) is 16.2. The van der Waals surface area contributed by atoms with Gasteiger partial charge in [-0.05, 0) is 31.4 Å². The van der Waals surface area contributed by atoms with Crippen LogP contribution in [0.3, 0.4) is 0 Å². The van der Waals surface area contributed by atoms with Crippen molar-refractivity contribution in [3.05, 3.63) is 30.3 Å². The van der Waals surface area contributed by atoms with Crippen LogP contribution in [0.5, 0.6) is 0 Å². The number of piperidine rings is 1. The van der Waals surface area contributed by atoms with Crippen LogP contribution < -0.4 is 4.90 Å². The fourth-order valence-electron chi connectivity index (χ4n) is 2.38. The van der Waals surface area contributed by atoms with Gasteiger partial charge >= 0.3 is 0 Å². The first-order valence-corrected chi connectivity index (χ1v) is 6.81. The third-order valence-electron chi connectivity index (χ3n) is 3.57. The summed E-state index contributed by atoms with van der Waals surface area (Å²) < 4.78 is 0. The molecule has 0 N–H and O–H groups in total. The van der Waals surface area contributed by atoms with Gasteiger partial charge in [0.05, 0.1) is 0 Å². The lowest BCUT2D eigenvalue weighted by molar-refractivity contribution is -0.131. The molecular formula is C15H22N2O. The number of amides is 1. The molecule has 0 atom stereocenters. The summed E-state index contributed by atoms with van der Waals surface area (Å²) in [5, 5.41) is 0. The standard InChI is InChI=1S/C15H22N2O/c1-16(14-8-4-2-5-9-14)13-10-15(18)17-11-6-3-7-12-17/h2,4-5,8-9H,3,6-7,10-13H2,1H3. The fraction of sp³-hybridized carbons (Fsp3) is 0.533. The first-order valence-electron chi connectivity index (χ1n) is 6.81. The van der Waals surface area contributed by atoms with E-state index >= 15 is 0 Å². The van der Waals surface area contributed by atoms with Crippen LogP contribution in [0, 0.1) is 0 Å². The lowest BCUT2D eigenvalue weighted by atomic mass is 10.1. The van der Waals surface area contributed by atoms with Crippen molar-refractivity contribution < 1.29 is 4.79 Å². The predicted octanol–water partition coefficient (Wildman–Crippen LogP) is 2.53. The average molecular weight is 246 g/mol. The topological polar surface area (TPSA) is 23.6 Å². The smallest absolute Gasteiger partial charge is 0.224 e. The van der Waals surface area contributed by atoms with Crippen LogP contribution in [-0.2, 0) is 4.79 Å². The zero-order valence-electron chi connectivity index (χ0n) is 11.1. The number of hydrogen-bond acceptors (Lipinski definition) is 2. The number of para-hydroxylation sites is 1. The van der Waals surface area contributed by atoms with Crippen molar-refractivity contribution in [2.24, 2.45) is 0 Å². The van der Waals surface area contributed by atoms with E-state index in [1.807, 2.05) is 30.1 Å². The van der Waals surface area contributed by atoms with Crippen molar-refractivity contribution in [3.8, 4) is 0 Å². The van der Waals surface area contributed by atoms with Crippen molar-refractivity contribution in [2.45, 2.75) is 25.7 Å². The Morgan fingerprint density at radius 2 is 1.83 bits per heavy atom. The normalized spacial score (nSPS) is 15.5. The van der Waals surface area contributed by atoms with Crippen LogP contribution in [0.25, 0.3) is 0 Å². The van der Waals surface area contributed by atoms with Gasteiger partial charge in [-0.1, -0.05) is 18.2 Å². The molecule has 0 spiro atoms. The third kappa shape index (κ3) is 3.49. The second-order valence-corrected chi connectivity index (χ2v) is 4.95. The van der Waals surface area contributed by atoms with Gasteiger partial charge in [0.1, 0.15) is 0 Å². The van der Waals surface area contributed by atoms with Gasteiger partial charge in [-0.25, -0.2) is 0 Å². The summed E-state index contributed by atoms with van der Waals surface area (Å²) in [7, 11) is 2.04. The molecule has 1 amide bonds. The molecule has 0 radical (unpaired) electrons. The van der Waals surface area contributed by atoms with Crippen LogP contribution in [-0.4, -0.2) is 37.5 Å². The number of anilines is 1. The molecule has 18 heavy (non-hydrogen) atoms. The van der Waals surface area contributed by atoms with E-state index in [9.17, 15) is 4.79 Å². The Kier molecular flexibility index (Phi) is 4.62. The summed E-state index contributed by atoms with van der Waals surface area (Å²) in [6.07, 6.45) is 4.22. The van der Waals surface area contributed by atoms with Crippen LogP contribution in [0.2, 0.25) is 0 Å².